The molecule has 10 heteroatoms. The van der Waals surface area contributed by atoms with Crippen molar-refractivity contribution in [1.82, 2.24) is 14.9 Å². The fourth-order valence-corrected chi connectivity index (χ4v) is 5.79. The molecule has 208 valence electrons. The summed E-state index contributed by atoms with van der Waals surface area (Å²) in [6, 6.07) is 8.79. The number of morpholine rings is 1. The van der Waals surface area contributed by atoms with Crippen molar-refractivity contribution < 1.29 is 24.5 Å². The van der Waals surface area contributed by atoms with Crippen molar-refractivity contribution in [2.24, 2.45) is 0 Å². The molecular formula is C30H32N4O5S. The Balaban J connectivity index is 1.35. The minimum atomic E-state index is -1.20. The number of allylic oxidation sites excluding steroid dienone is 2. The molecule has 2 aromatic heterocycles. The van der Waals surface area contributed by atoms with Gasteiger partial charge in [-0.2, -0.15) is 0 Å². The number of phenolic OH excluding ortho intramolecular Hbond substituents is 1. The average Bonchev–Trinajstić information content (AvgIpc) is 3.39. The number of amides is 1. The van der Waals surface area contributed by atoms with Crippen LogP contribution in [0.4, 0.5) is 5.82 Å². The number of likely N-dealkylation sites (tertiary alicyclic amines) is 1. The van der Waals surface area contributed by atoms with Crippen LogP contribution in [-0.4, -0.2) is 81.8 Å². The van der Waals surface area contributed by atoms with Crippen LogP contribution in [0.2, 0.25) is 0 Å². The van der Waals surface area contributed by atoms with Crippen molar-refractivity contribution in [2.45, 2.75) is 38.2 Å². The summed E-state index contributed by atoms with van der Waals surface area (Å²) in [5.74, 6) is 7.55. The summed E-state index contributed by atoms with van der Waals surface area (Å²) in [6.45, 7) is 5.22. The first-order valence-electron chi connectivity index (χ1n) is 13.5. The Morgan fingerprint density at radius 2 is 1.90 bits per heavy atom. The predicted molar refractivity (Wildman–Crippen MR) is 154 cm³/mol. The molecule has 0 unspecified atom stereocenters. The summed E-state index contributed by atoms with van der Waals surface area (Å²) in [5.41, 5.74) is 0.278. The third-order valence-corrected chi connectivity index (χ3v) is 8.10. The minimum absolute atomic E-state index is 0.0610. The largest absolute Gasteiger partial charge is 0.508 e. The maximum Gasteiger partial charge on any atom is 0.223 e. The Labute approximate surface area is 237 Å². The number of aliphatic hydroxyl groups is 1. The summed E-state index contributed by atoms with van der Waals surface area (Å²) in [4.78, 5) is 38.5. The molecule has 4 heterocycles. The van der Waals surface area contributed by atoms with Crippen molar-refractivity contribution in [2.75, 3.05) is 44.3 Å². The Morgan fingerprint density at radius 1 is 1.12 bits per heavy atom. The topological polar surface area (TPSA) is 116 Å². The summed E-state index contributed by atoms with van der Waals surface area (Å²) in [6.07, 6.45) is 4.21. The number of thiophene rings is 1. The molecule has 3 aromatic rings. The van der Waals surface area contributed by atoms with Gasteiger partial charge >= 0.3 is 0 Å². The van der Waals surface area contributed by atoms with E-state index in [2.05, 4.69) is 16.7 Å². The fraction of sp³-hybridized carbons (Fsp3) is 0.400. The molecule has 5 rings (SSSR count). The molecule has 1 amide bonds. The van der Waals surface area contributed by atoms with E-state index < -0.39 is 5.60 Å². The number of carbonyl (C=O) groups is 2. The van der Waals surface area contributed by atoms with E-state index in [-0.39, 0.29) is 30.3 Å². The van der Waals surface area contributed by atoms with Gasteiger partial charge in [0, 0.05) is 57.4 Å². The molecule has 9 nitrogen and oxygen atoms in total. The van der Waals surface area contributed by atoms with Crippen LogP contribution in [0, 0.1) is 11.8 Å². The zero-order chi connectivity index (χ0) is 28.1. The summed E-state index contributed by atoms with van der Waals surface area (Å²) < 4.78 is 6.45. The third kappa shape index (κ3) is 6.50. The van der Waals surface area contributed by atoms with E-state index in [0.29, 0.717) is 58.1 Å². The number of hydrogen-bond donors (Lipinski definition) is 2. The van der Waals surface area contributed by atoms with Crippen LogP contribution in [-0.2, 0) is 14.3 Å². The molecule has 2 saturated heterocycles. The number of rotatable bonds is 6. The number of fused-ring (bicyclic) bond motifs is 1. The van der Waals surface area contributed by atoms with E-state index in [1.807, 2.05) is 12.1 Å². The zero-order valence-corrected chi connectivity index (χ0v) is 23.2. The van der Waals surface area contributed by atoms with Gasteiger partial charge in [-0.25, -0.2) is 9.97 Å². The molecular weight excluding hydrogens is 528 g/mol. The second-order valence-corrected chi connectivity index (χ2v) is 11.0. The van der Waals surface area contributed by atoms with E-state index in [1.165, 1.54) is 17.4 Å². The van der Waals surface area contributed by atoms with Crippen LogP contribution in [0.5, 0.6) is 5.75 Å². The number of ether oxygens (including phenoxy) is 1. The van der Waals surface area contributed by atoms with E-state index in [4.69, 9.17) is 14.7 Å². The maximum absolute atomic E-state index is 12.5. The number of aromatic nitrogens is 2. The number of carbonyl (C=O) groups excluding carboxylic acids is 2. The standard InChI is InChI=1S/C30H32N4O5S/c1-2-4-22(35)7-8-26(37)33-13-11-30(38,12-14-33)10-9-24-20-25-27(40-24)29(34-15-17-39-18-16-34)32-28(31-25)21-5-3-6-23(36)19-21/h2-6,19-20,36,38H,7-8,11-18H2,1H3. The molecule has 1 aromatic carbocycles. The number of anilines is 1. The molecule has 2 aliphatic rings. The highest BCUT2D eigenvalue weighted by atomic mass is 32.1. The lowest BCUT2D eigenvalue weighted by Crippen LogP contribution is -2.46. The lowest BCUT2D eigenvalue weighted by Gasteiger charge is -2.35. The minimum Gasteiger partial charge on any atom is -0.508 e. The van der Waals surface area contributed by atoms with Gasteiger partial charge in [0.1, 0.15) is 11.4 Å². The van der Waals surface area contributed by atoms with E-state index in [9.17, 15) is 19.8 Å². The Bertz CT molecular complexity index is 1490. The number of hydrogen-bond acceptors (Lipinski definition) is 9. The second kappa shape index (κ2) is 12.2. The van der Waals surface area contributed by atoms with Crippen LogP contribution in [0.1, 0.15) is 37.5 Å². The molecule has 0 bridgehead atoms. The Kier molecular flexibility index (Phi) is 8.45. The average molecular weight is 561 g/mol. The maximum atomic E-state index is 12.5. The monoisotopic (exact) mass is 560 g/mol. The highest BCUT2D eigenvalue weighted by Crippen LogP contribution is 2.35. The molecule has 0 spiro atoms. The van der Waals surface area contributed by atoms with Gasteiger partial charge in [-0.15, -0.1) is 11.3 Å². The lowest BCUT2D eigenvalue weighted by molar-refractivity contribution is -0.135. The highest BCUT2D eigenvalue weighted by Gasteiger charge is 2.32. The molecule has 2 N–H and O–H groups in total. The van der Waals surface area contributed by atoms with Gasteiger partial charge in [0.2, 0.25) is 5.91 Å². The van der Waals surface area contributed by atoms with Gasteiger partial charge in [0.05, 0.1) is 28.3 Å². The highest BCUT2D eigenvalue weighted by molar-refractivity contribution is 7.20. The van der Waals surface area contributed by atoms with E-state index in [0.717, 1.165) is 26.5 Å². The fourth-order valence-electron chi connectivity index (χ4n) is 4.83. The lowest BCUT2D eigenvalue weighted by atomic mass is 9.91. The van der Waals surface area contributed by atoms with Crippen molar-refractivity contribution in [3.05, 3.63) is 47.4 Å². The molecule has 2 aliphatic heterocycles. The molecule has 0 atom stereocenters. The molecule has 0 aliphatic carbocycles. The second-order valence-electron chi connectivity index (χ2n) is 9.97. The summed E-state index contributed by atoms with van der Waals surface area (Å²) in [7, 11) is 0. The first kappa shape index (κ1) is 27.8. The van der Waals surface area contributed by atoms with Gasteiger partial charge in [0.25, 0.3) is 0 Å². The summed E-state index contributed by atoms with van der Waals surface area (Å²) >= 11 is 1.49. The Morgan fingerprint density at radius 3 is 2.62 bits per heavy atom. The normalized spacial score (nSPS) is 17.1. The van der Waals surface area contributed by atoms with Gasteiger partial charge in [-0.05, 0) is 31.2 Å². The first-order valence-corrected chi connectivity index (χ1v) is 14.3. The van der Waals surface area contributed by atoms with Crippen LogP contribution < -0.4 is 4.90 Å². The number of phenols is 1. The van der Waals surface area contributed by atoms with Crippen LogP contribution in [0.15, 0.2) is 42.5 Å². The number of nitrogens with zero attached hydrogens (tertiary/aromatic N) is 4. The van der Waals surface area contributed by atoms with Crippen molar-refractivity contribution in [3.63, 3.8) is 0 Å². The molecule has 0 saturated carbocycles. The zero-order valence-electron chi connectivity index (χ0n) is 22.4. The van der Waals surface area contributed by atoms with Crippen molar-refractivity contribution in [3.8, 4) is 29.0 Å². The number of ketones is 1. The quantitative estimate of drug-likeness (QED) is 0.348. The van der Waals surface area contributed by atoms with Gasteiger partial charge in [0.15, 0.2) is 17.4 Å². The number of piperidine rings is 1. The molecule has 0 radical (unpaired) electrons. The van der Waals surface area contributed by atoms with Crippen LogP contribution in [0.25, 0.3) is 21.6 Å². The van der Waals surface area contributed by atoms with Crippen LogP contribution >= 0.6 is 11.3 Å². The number of aromatic hydroxyl groups is 1. The smallest absolute Gasteiger partial charge is 0.223 e. The van der Waals surface area contributed by atoms with Gasteiger partial charge in [-0.3, -0.25) is 9.59 Å². The van der Waals surface area contributed by atoms with Crippen molar-refractivity contribution >= 4 is 39.1 Å². The summed E-state index contributed by atoms with van der Waals surface area (Å²) in [5, 5.41) is 21.1. The van der Waals surface area contributed by atoms with E-state index in [1.54, 1.807) is 36.1 Å². The first-order chi connectivity index (χ1) is 19.3. The van der Waals surface area contributed by atoms with Gasteiger partial charge in [-0.1, -0.05) is 30.0 Å². The van der Waals surface area contributed by atoms with Crippen LogP contribution in [0.3, 0.4) is 0 Å². The third-order valence-electron chi connectivity index (χ3n) is 7.07. The number of benzene rings is 1. The van der Waals surface area contributed by atoms with Gasteiger partial charge < -0.3 is 24.7 Å². The Hall–Kier alpha value is -3.78. The van der Waals surface area contributed by atoms with Crippen molar-refractivity contribution in [1.29, 1.82) is 0 Å². The van der Waals surface area contributed by atoms with E-state index >= 15 is 0 Å². The predicted octanol–water partition coefficient (Wildman–Crippen LogP) is 3.53. The SMILES string of the molecule is CC=CC(=O)CCC(=O)N1CCC(O)(C#Cc2cc3nc(-c4cccc(O)c4)nc(N4CCOCC4)c3s2)CC1. The molecule has 2 fully saturated rings. The molecule has 40 heavy (non-hydrogen) atoms.